The molecule has 2 rings (SSSR count). The van der Waals surface area contributed by atoms with E-state index in [2.05, 4.69) is 34.1 Å². The van der Waals surface area contributed by atoms with E-state index in [-0.39, 0.29) is 0 Å². The standard InChI is InChI=1S/C13H17N5/c1-3-5-9(4-2)16-12-6-10-11(8-15-12)18-13(7-14)17-10/h6,8-9H,3-5H2,1-2H3,(H,15,16)(H,17,18). The van der Waals surface area contributed by atoms with E-state index in [9.17, 15) is 0 Å². The van der Waals surface area contributed by atoms with E-state index in [0.29, 0.717) is 11.9 Å². The van der Waals surface area contributed by atoms with Crippen molar-refractivity contribution >= 4 is 16.9 Å². The van der Waals surface area contributed by atoms with Crippen LogP contribution in [-0.4, -0.2) is 21.0 Å². The molecule has 0 bridgehead atoms. The van der Waals surface area contributed by atoms with Crippen molar-refractivity contribution in [2.24, 2.45) is 0 Å². The molecule has 5 heteroatoms. The third-order valence-electron chi connectivity index (χ3n) is 2.96. The molecule has 0 saturated heterocycles. The normalized spacial score (nSPS) is 12.3. The second kappa shape index (κ2) is 5.50. The van der Waals surface area contributed by atoms with Crippen LogP contribution in [0.3, 0.4) is 0 Å². The topological polar surface area (TPSA) is 77.4 Å². The number of imidazole rings is 1. The zero-order chi connectivity index (χ0) is 13.0. The van der Waals surface area contributed by atoms with E-state index in [1.54, 1.807) is 6.20 Å². The van der Waals surface area contributed by atoms with E-state index in [1.165, 1.54) is 0 Å². The summed E-state index contributed by atoms with van der Waals surface area (Å²) in [6, 6.07) is 4.31. The van der Waals surface area contributed by atoms with Crippen LogP contribution < -0.4 is 5.32 Å². The van der Waals surface area contributed by atoms with Crippen LogP contribution in [0.2, 0.25) is 0 Å². The molecular weight excluding hydrogens is 226 g/mol. The summed E-state index contributed by atoms with van der Waals surface area (Å²) in [5.74, 6) is 1.14. The van der Waals surface area contributed by atoms with Crippen molar-refractivity contribution in [2.45, 2.75) is 39.2 Å². The Morgan fingerprint density at radius 1 is 1.50 bits per heavy atom. The van der Waals surface area contributed by atoms with Gasteiger partial charge in [0.25, 0.3) is 0 Å². The Kier molecular flexibility index (Phi) is 3.78. The monoisotopic (exact) mass is 243 g/mol. The zero-order valence-corrected chi connectivity index (χ0v) is 10.7. The van der Waals surface area contributed by atoms with E-state index < -0.39 is 0 Å². The number of pyridine rings is 1. The number of fused-ring (bicyclic) bond motifs is 1. The number of anilines is 1. The van der Waals surface area contributed by atoms with Crippen LogP contribution >= 0.6 is 0 Å². The fourth-order valence-electron chi connectivity index (χ4n) is 1.98. The summed E-state index contributed by atoms with van der Waals surface area (Å²) in [6.07, 6.45) is 5.05. The van der Waals surface area contributed by atoms with Gasteiger partial charge in [-0.2, -0.15) is 5.26 Å². The van der Waals surface area contributed by atoms with Crippen molar-refractivity contribution < 1.29 is 0 Å². The lowest BCUT2D eigenvalue weighted by molar-refractivity contribution is 0.620. The Morgan fingerprint density at radius 2 is 2.33 bits per heavy atom. The summed E-state index contributed by atoms with van der Waals surface area (Å²) >= 11 is 0. The number of aromatic nitrogens is 3. The molecule has 2 aromatic rings. The first kappa shape index (κ1) is 12.4. The van der Waals surface area contributed by atoms with E-state index in [0.717, 1.165) is 36.1 Å². The van der Waals surface area contributed by atoms with Gasteiger partial charge < -0.3 is 10.3 Å². The smallest absolute Gasteiger partial charge is 0.211 e. The van der Waals surface area contributed by atoms with Crippen molar-refractivity contribution in [1.29, 1.82) is 5.26 Å². The van der Waals surface area contributed by atoms with E-state index >= 15 is 0 Å². The lowest BCUT2D eigenvalue weighted by atomic mass is 10.1. The minimum Gasteiger partial charge on any atom is -0.367 e. The first-order chi connectivity index (χ1) is 8.76. The summed E-state index contributed by atoms with van der Waals surface area (Å²) < 4.78 is 0. The third-order valence-corrected chi connectivity index (χ3v) is 2.96. The van der Waals surface area contributed by atoms with Crippen LogP contribution in [0.4, 0.5) is 5.82 Å². The van der Waals surface area contributed by atoms with Crippen molar-refractivity contribution in [1.82, 2.24) is 15.0 Å². The Hall–Kier alpha value is -2.09. The van der Waals surface area contributed by atoms with Gasteiger partial charge in [-0.05, 0) is 12.8 Å². The lowest BCUT2D eigenvalue weighted by Gasteiger charge is -2.16. The Bertz CT molecular complexity index is 566. The highest BCUT2D eigenvalue weighted by atomic mass is 15.0. The van der Waals surface area contributed by atoms with E-state index in [4.69, 9.17) is 5.26 Å². The molecule has 0 spiro atoms. The molecule has 0 aromatic carbocycles. The molecule has 94 valence electrons. The van der Waals surface area contributed by atoms with Gasteiger partial charge in [0.15, 0.2) is 0 Å². The van der Waals surface area contributed by atoms with Crippen molar-refractivity contribution in [3.63, 3.8) is 0 Å². The van der Waals surface area contributed by atoms with Crippen molar-refractivity contribution in [3.8, 4) is 6.07 Å². The molecule has 2 N–H and O–H groups in total. The molecular formula is C13H17N5. The fourth-order valence-corrected chi connectivity index (χ4v) is 1.98. The fraction of sp³-hybridized carbons (Fsp3) is 0.462. The Balaban J connectivity index is 2.21. The highest BCUT2D eigenvalue weighted by Crippen LogP contribution is 2.16. The largest absolute Gasteiger partial charge is 0.367 e. The number of hydrogen-bond donors (Lipinski definition) is 2. The maximum atomic E-state index is 8.78. The number of hydrogen-bond acceptors (Lipinski definition) is 4. The molecule has 5 nitrogen and oxygen atoms in total. The minimum absolute atomic E-state index is 0.324. The maximum absolute atomic E-state index is 8.78. The summed E-state index contributed by atoms with van der Waals surface area (Å²) in [5.41, 5.74) is 1.57. The number of aromatic amines is 1. The predicted molar refractivity (Wildman–Crippen MR) is 71.2 cm³/mol. The van der Waals surface area contributed by atoms with Gasteiger partial charge in [-0.3, -0.25) is 0 Å². The highest BCUT2D eigenvalue weighted by molar-refractivity contribution is 5.77. The molecule has 1 unspecified atom stereocenters. The van der Waals surface area contributed by atoms with Gasteiger partial charge in [-0.15, -0.1) is 0 Å². The molecule has 2 aromatic heterocycles. The zero-order valence-electron chi connectivity index (χ0n) is 10.7. The predicted octanol–water partition coefficient (Wildman–Crippen LogP) is 2.82. The average molecular weight is 243 g/mol. The van der Waals surface area contributed by atoms with Gasteiger partial charge in [-0.1, -0.05) is 20.3 Å². The first-order valence-electron chi connectivity index (χ1n) is 6.29. The summed E-state index contributed by atoms with van der Waals surface area (Å²) in [4.78, 5) is 11.4. The van der Waals surface area contributed by atoms with Gasteiger partial charge >= 0.3 is 0 Å². The van der Waals surface area contributed by atoms with Gasteiger partial charge in [0.2, 0.25) is 5.82 Å². The third kappa shape index (κ3) is 2.59. The van der Waals surface area contributed by atoms with Crippen LogP contribution in [0.25, 0.3) is 11.0 Å². The quantitative estimate of drug-likeness (QED) is 0.846. The molecule has 0 aliphatic heterocycles. The highest BCUT2D eigenvalue weighted by Gasteiger charge is 2.08. The second-order valence-electron chi connectivity index (χ2n) is 4.32. The molecule has 0 saturated carbocycles. The van der Waals surface area contributed by atoms with Crippen LogP contribution in [0.15, 0.2) is 12.3 Å². The lowest BCUT2D eigenvalue weighted by Crippen LogP contribution is -2.18. The van der Waals surface area contributed by atoms with Crippen molar-refractivity contribution in [3.05, 3.63) is 18.1 Å². The summed E-state index contributed by atoms with van der Waals surface area (Å²) in [5, 5.41) is 12.2. The second-order valence-corrected chi connectivity index (χ2v) is 4.32. The average Bonchev–Trinajstić information content (AvgIpc) is 2.80. The first-order valence-corrected chi connectivity index (χ1v) is 6.29. The van der Waals surface area contributed by atoms with Gasteiger partial charge in [0, 0.05) is 12.1 Å². The number of nitrogens with zero attached hydrogens (tertiary/aromatic N) is 3. The molecule has 0 radical (unpaired) electrons. The molecule has 0 fully saturated rings. The van der Waals surface area contributed by atoms with Crippen LogP contribution in [0.1, 0.15) is 38.9 Å². The van der Waals surface area contributed by atoms with Gasteiger partial charge in [0.05, 0.1) is 17.2 Å². The van der Waals surface area contributed by atoms with Crippen LogP contribution in [-0.2, 0) is 0 Å². The Labute approximate surface area is 106 Å². The SMILES string of the molecule is CCCC(CC)Nc1cc2nc(C#N)[nH]c2cn1. The van der Waals surface area contributed by atoms with Gasteiger partial charge in [0.1, 0.15) is 11.9 Å². The molecule has 0 amide bonds. The molecule has 1 atom stereocenters. The summed E-state index contributed by atoms with van der Waals surface area (Å²) in [7, 11) is 0. The van der Waals surface area contributed by atoms with E-state index in [1.807, 2.05) is 12.1 Å². The molecule has 0 aliphatic carbocycles. The Morgan fingerprint density at radius 3 is 3.00 bits per heavy atom. The summed E-state index contributed by atoms with van der Waals surface area (Å²) in [6.45, 7) is 4.34. The number of H-pyrrole nitrogens is 1. The van der Waals surface area contributed by atoms with Crippen LogP contribution in [0, 0.1) is 11.3 Å². The number of nitrogens with one attached hydrogen (secondary N) is 2. The van der Waals surface area contributed by atoms with Crippen LogP contribution in [0.5, 0.6) is 0 Å². The molecule has 0 aliphatic rings. The minimum atomic E-state index is 0.324. The maximum Gasteiger partial charge on any atom is 0.211 e. The number of nitriles is 1. The molecule has 18 heavy (non-hydrogen) atoms. The van der Waals surface area contributed by atoms with Crippen molar-refractivity contribution in [2.75, 3.05) is 5.32 Å². The number of rotatable bonds is 5. The van der Waals surface area contributed by atoms with Gasteiger partial charge in [-0.25, -0.2) is 9.97 Å². The molecule has 2 heterocycles.